The molecule has 2 N–H and O–H groups in total. The predicted octanol–water partition coefficient (Wildman–Crippen LogP) is 2.99. The van der Waals surface area contributed by atoms with E-state index in [9.17, 15) is 0 Å². The first kappa shape index (κ1) is 12.9. The van der Waals surface area contributed by atoms with Crippen molar-refractivity contribution < 1.29 is 4.42 Å². The van der Waals surface area contributed by atoms with Crippen LogP contribution in [-0.4, -0.2) is 18.0 Å². The first-order valence-corrected chi connectivity index (χ1v) is 8.20. The van der Waals surface area contributed by atoms with Gasteiger partial charge in [0.1, 0.15) is 5.76 Å². The van der Waals surface area contributed by atoms with Gasteiger partial charge in [0, 0.05) is 18.2 Å². The maximum atomic E-state index is 5.75. The van der Waals surface area contributed by atoms with E-state index >= 15 is 0 Å². The van der Waals surface area contributed by atoms with E-state index < -0.39 is 0 Å². The van der Waals surface area contributed by atoms with E-state index in [1.54, 1.807) is 6.26 Å². The van der Waals surface area contributed by atoms with Gasteiger partial charge in [-0.3, -0.25) is 4.90 Å². The molecular weight excluding hydrogens is 248 g/mol. The molecule has 0 unspecified atom stereocenters. The highest BCUT2D eigenvalue weighted by molar-refractivity contribution is 5.17. The van der Waals surface area contributed by atoms with Crippen molar-refractivity contribution in [1.29, 1.82) is 0 Å². The van der Waals surface area contributed by atoms with Gasteiger partial charge in [0.05, 0.1) is 12.8 Å². The second-order valence-corrected chi connectivity index (χ2v) is 7.41. The summed E-state index contributed by atoms with van der Waals surface area (Å²) in [5.41, 5.74) is 7.03. The van der Waals surface area contributed by atoms with Crippen LogP contribution >= 0.6 is 0 Å². The standard InChI is InChI=1S/C17H26N2O/c1-19(10-13-2-3-20-16(13)9-18)17-14-5-11-4-12(7-14)8-15(17)6-11/h2-3,11-12,14-15,17H,4-10,18H2,1H3. The monoisotopic (exact) mass is 274 g/mol. The normalized spacial score (nSPS) is 38.9. The van der Waals surface area contributed by atoms with Gasteiger partial charge in [-0.1, -0.05) is 0 Å². The second kappa shape index (κ2) is 4.88. The Morgan fingerprint density at radius 2 is 1.80 bits per heavy atom. The zero-order valence-corrected chi connectivity index (χ0v) is 12.4. The third kappa shape index (κ3) is 2.03. The Morgan fingerprint density at radius 1 is 1.15 bits per heavy atom. The maximum Gasteiger partial charge on any atom is 0.121 e. The number of furan rings is 1. The molecule has 0 atom stereocenters. The highest BCUT2D eigenvalue weighted by Gasteiger charge is 2.49. The molecule has 110 valence electrons. The van der Waals surface area contributed by atoms with Crippen LogP contribution in [0.3, 0.4) is 0 Å². The van der Waals surface area contributed by atoms with Gasteiger partial charge in [-0.15, -0.1) is 0 Å². The molecule has 3 nitrogen and oxygen atoms in total. The average Bonchev–Trinajstić information content (AvgIpc) is 2.84. The van der Waals surface area contributed by atoms with Crippen LogP contribution in [0.15, 0.2) is 16.7 Å². The van der Waals surface area contributed by atoms with Crippen molar-refractivity contribution in [2.24, 2.45) is 29.4 Å². The van der Waals surface area contributed by atoms with Crippen molar-refractivity contribution >= 4 is 0 Å². The lowest BCUT2D eigenvalue weighted by Gasteiger charge is -2.56. The lowest BCUT2D eigenvalue weighted by atomic mass is 9.54. The third-order valence-corrected chi connectivity index (χ3v) is 6.13. The van der Waals surface area contributed by atoms with Gasteiger partial charge in [0.25, 0.3) is 0 Å². The summed E-state index contributed by atoms with van der Waals surface area (Å²) in [5.74, 6) is 4.96. The average molecular weight is 274 g/mol. The summed E-state index contributed by atoms with van der Waals surface area (Å²) in [7, 11) is 2.31. The Labute approximate surface area is 121 Å². The van der Waals surface area contributed by atoms with E-state index in [1.807, 2.05) is 0 Å². The SMILES string of the molecule is CN(Cc1ccoc1CN)C1C2CC3CC(C2)CC1C3. The zero-order valence-electron chi connectivity index (χ0n) is 12.4. The van der Waals surface area contributed by atoms with Crippen molar-refractivity contribution in [3.63, 3.8) is 0 Å². The maximum absolute atomic E-state index is 5.75. The van der Waals surface area contributed by atoms with Crippen LogP contribution in [0.5, 0.6) is 0 Å². The van der Waals surface area contributed by atoms with E-state index in [2.05, 4.69) is 18.0 Å². The van der Waals surface area contributed by atoms with E-state index in [0.717, 1.165) is 42.0 Å². The Morgan fingerprint density at radius 3 is 2.40 bits per heavy atom. The first-order valence-electron chi connectivity index (χ1n) is 8.20. The molecule has 20 heavy (non-hydrogen) atoms. The molecule has 4 aliphatic carbocycles. The first-order chi connectivity index (χ1) is 9.74. The predicted molar refractivity (Wildman–Crippen MR) is 78.9 cm³/mol. The number of hydrogen-bond acceptors (Lipinski definition) is 3. The number of nitrogens with two attached hydrogens (primary N) is 1. The molecule has 4 aliphatic rings. The van der Waals surface area contributed by atoms with Crippen molar-refractivity contribution in [2.45, 2.75) is 51.2 Å². The van der Waals surface area contributed by atoms with Crippen molar-refractivity contribution in [3.05, 3.63) is 23.7 Å². The van der Waals surface area contributed by atoms with Gasteiger partial charge in [-0.05, 0) is 68.9 Å². The summed E-state index contributed by atoms with van der Waals surface area (Å²) in [5, 5.41) is 0. The molecule has 4 saturated carbocycles. The molecule has 4 fully saturated rings. The molecule has 0 radical (unpaired) electrons. The third-order valence-electron chi connectivity index (χ3n) is 6.13. The van der Waals surface area contributed by atoms with Gasteiger partial charge < -0.3 is 10.2 Å². The van der Waals surface area contributed by atoms with E-state index in [-0.39, 0.29) is 0 Å². The lowest BCUT2D eigenvalue weighted by Crippen LogP contribution is -2.54. The lowest BCUT2D eigenvalue weighted by molar-refractivity contribution is -0.0599. The summed E-state index contributed by atoms with van der Waals surface area (Å²) in [6, 6.07) is 2.89. The molecule has 1 aromatic rings. The zero-order chi connectivity index (χ0) is 13.7. The second-order valence-electron chi connectivity index (χ2n) is 7.41. The van der Waals surface area contributed by atoms with Crippen LogP contribution in [0.2, 0.25) is 0 Å². The Kier molecular flexibility index (Phi) is 3.15. The fourth-order valence-corrected chi connectivity index (χ4v) is 5.68. The molecule has 0 spiro atoms. The molecule has 0 amide bonds. The fourth-order valence-electron chi connectivity index (χ4n) is 5.68. The summed E-state index contributed by atoms with van der Waals surface area (Å²) in [6.07, 6.45) is 9.24. The minimum absolute atomic E-state index is 0.512. The van der Waals surface area contributed by atoms with Gasteiger partial charge in [-0.25, -0.2) is 0 Å². The summed E-state index contributed by atoms with van der Waals surface area (Å²) in [4.78, 5) is 2.59. The minimum atomic E-state index is 0.512. The highest BCUT2D eigenvalue weighted by Crippen LogP contribution is 2.55. The smallest absolute Gasteiger partial charge is 0.121 e. The summed E-state index contributed by atoms with van der Waals surface area (Å²) in [6.45, 7) is 1.51. The molecule has 0 aromatic carbocycles. The molecule has 1 heterocycles. The molecular formula is C17H26N2O. The molecule has 4 bridgehead atoms. The molecule has 0 saturated heterocycles. The number of nitrogens with zero attached hydrogens (tertiary/aromatic N) is 1. The van der Waals surface area contributed by atoms with E-state index in [4.69, 9.17) is 10.2 Å². The van der Waals surface area contributed by atoms with Gasteiger partial charge in [-0.2, -0.15) is 0 Å². The molecule has 1 aromatic heterocycles. The molecule has 3 heteroatoms. The van der Waals surface area contributed by atoms with Crippen molar-refractivity contribution in [2.75, 3.05) is 7.05 Å². The van der Waals surface area contributed by atoms with Gasteiger partial charge in [0.2, 0.25) is 0 Å². The van der Waals surface area contributed by atoms with Crippen LogP contribution in [0.4, 0.5) is 0 Å². The van der Waals surface area contributed by atoms with Crippen LogP contribution in [0, 0.1) is 23.7 Å². The van der Waals surface area contributed by atoms with Crippen molar-refractivity contribution in [1.82, 2.24) is 4.90 Å². The Hall–Kier alpha value is -0.800. The van der Waals surface area contributed by atoms with Crippen molar-refractivity contribution in [3.8, 4) is 0 Å². The molecule has 5 rings (SSSR count). The number of hydrogen-bond donors (Lipinski definition) is 1. The van der Waals surface area contributed by atoms with E-state index in [1.165, 1.54) is 37.7 Å². The number of rotatable bonds is 4. The van der Waals surface area contributed by atoms with Gasteiger partial charge in [0.15, 0.2) is 0 Å². The van der Waals surface area contributed by atoms with Crippen LogP contribution in [0.25, 0.3) is 0 Å². The fraction of sp³-hybridized carbons (Fsp3) is 0.765. The van der Waals surface area contributed by atoms with Crippen LogP contribution in [-0.2, 0) is 13.1 Å². The van der Waals surface area contributed by atoms with Crippen LogP contribution in [0.1, 0.15) is 43.4 Å². The van der Waals surface area contributed by atoms with E-state index in [0.29, 0.717) is 6.54 Å². The quantitative estimate of drug-likeness (QED) is 0.918. The molecule has 0 aliphatic heterocycles. The summed E-state index contributed by atoms with van der Waals surface area (Å²) < 4.78 is 5.47. The van der Waals surface area contributed by atoms with Crippen LogP contribution < -0.4 is 5.73 Å². The van der Waals surface area contributed by atoms with Gasteiger partial charge >= 0.3 is 0 Å². The summed E-state index contributed by atoms with van der Waals surface area (Å²) >= 11 is 0. The Balaban J connectivity index is 1.50. The topological polar surface area (TPSA) is 42.4 Å². The highest BCUT2D eigenvalue weighted by atomic mass is 16.3. The Bertz CT molecular complexity index is 453. The largest absolute Gasteiger partial charge is 0.468 e. The minimum Gasteiger partial charge on any atom is -0.468 e.